The molecular weight excluding hydrogens is 413 g/mol. The third-order valence-electron chi connectivity index (χ3n) is 5.50. The van der Waals surface area contributed by atoms with E-state index in [1.807, 2.05) is 97.1 Å². The van der Waals surface area contributed by atoms with E-state index >= 15 is 0 Å². The van der Waals surface area contributed by atoms with Gasteiger partial charge in [-0.2, -0.15) is 0 Å². The SMILES string of the molecule is O=C(NCCCc1ccccc1)c1ccccc1P(=O)(c1ccccc1)c1ccccc1. The number of rotatable bonds is 8. The second-order valence-corrected chi connectivity index (χ2v) is 10.4. The van der Waals surface area contributed by atoms with Crippen LogP contribution < -0.4 is 21.2 Å². The molecule has 0 aliphatic heterocycles. The number of aryl methyl sites for hydroxylation is 1. The van der Waals surface area contributed by atoms with Crippen molar-refractivity contribution in [3.8, 4) is 0 Å². The maximum Gasteiger partial charge on any atom is 0.252 e. The summed E-state index contributed by atoms with van der Waals surface area (Å²) in [5, 5.41) is 5.03. The first-order valence-electron chi connectivity index (χ1n) is 10.8. The highest BCUT2D eigenvalue weighted by Crippen LogP contribution is 2.43. The molecule has 4 rings (SSSR count). The minimum atomic E-state index is -3.22. The first-order valence-corrected chi connectivity index (χ1v) is 12.5. The summed E-state index contributed by atoms with van der Waals surface area (Å²) in [6, 6.07) is 36.3. The maximum absolute atomic E-state index is 14.7. The highest BCUT2D eigenvalue weighted by Gasteiger charge is 2.33. The zero-order valence-electron chi connectivity index (χ0n) is 17.9. The monoisotopic (exact) mass is 439 g/mol. The molecule has 4 heteroatoms. The molecule has 0 radical (unpaired) electrons. The van der Waals surface area contributed by atoms with Crippen molar-refractivity contribution < 1.29 is 9.36 Å². The van der Waals surface area contributed by atoms with E-state index in [0.717, 1.165) is 23.5 Å². The number of hydrogen-bond acceptors (Lipinski definition) is 2. The van der Waals surface area contributed by atoms with Crippen LogP contribution in [0, 0.1) is 0 Å². The zero-order chi connectivity index (χ0) is 22.2. The Kier molecular flexibility index (Phi) is 6.99. The predicted octanol–water partition coefficient (Wildman–Crippen LogP) is 4.69. The molecule has 0 saturated carbocycles. The van der Waals surface area contributed by atoms with Crippen LogP contribution in [0.1, 0.15) is 22.3 Å². The molecule has 0 saturated heterocycles. The van der Waals surface area contributed by atoms with Crippen molar-refractivity contribution in [3.05, 3.63) is 126 Å². The highest BCUT2D eigenvalue weighted by atomic mass is 31.2. The van der Waals surface area contributed by atoms with E-state index in [4.69, 9.17) is 0 Å². The fraction of sp³-hybridized carbons (Fsp3) is 0.107. The third-order valence-corrected chi connectivity index (χ3v) is 8.62. The average Bonchev–Trinajstić information content (AvgIpc) is 2.87. The molecule has 0 spiro atoms. The molecule has 3 nitrogen and oxygen atoms in total. The van der Waals surface area contributed by atoms with E-state index in [1.54, 1.807) is 6.07 Å². The van der Waals surface area contributed by atoms with Crippen LogP contribution in [0.4, 0.5) is 0 Å². The van der Waals surface area contributed by atoms with Crippen LogP contribution in [0.25, 0.3) is 0 Å². The first-order chi connectivity index (χ1) is 15.7. The molecule has 0 aromatic heterocycles. The molecule has 4 aromatic carbocycles. The fourth-order valence-corrected chi connectivity index (χ4v) is 6.73. The number of nitrogens with one attached hydrogen (secondary N) is 1. The highest BCUT2D eigenvalue weighted by molar-refractivity contribution is 7.85. The van der Waals surface area contributed by atoms with Crippen molar-refractivity contribution in [1.29, 1.82) is 0 Å². The molecule has 32 heavy (non-hydrogen) atoms. The number of amides is 1. The largest absolute Gasteiger partial charge is 0.352 e. The quantitative estimate of drug-likeness (QED) is 0.320. The minimum absolute atomic E-state index is 0.194. The second kappa shape index (κ2) is 10.3. The summed E-state index contributed by atoms with van der Waals surface area (Å²) in [7, 11) is -3.22. The lowest BCUT2D eigenvalue weighted by molar-refractivity contribution is 0.0954. The second-order valence-electron chi connectivity index (χ2n) is 7.64. The topological polar surface area (TPSA) is 46.2 Å². The van der Waals surface area contributed by atoms with Crippen molar-refractivity contribution >= 4 is 29.0 Å². The lowest BCUT2D eigenvalue weighted by atomic mass is 10.1. The normalized spacial score (nSPS) is 11.1. The summed E-state index contributed by atoms with van der Waals surface area (Å²) in [6.07, 6.45) is 1.74. The smallest absolute Gasteiger partial charge is 0.252 e. The van der Waals surface area contributed by atoms with Crippen molar-refractivity contribution in [2.75, 3.05) is 6.54 Å². The van der Waals surface area contributed by atoms with Gasteiger partial charge in [0.25, 0.3) is 5.91 Å². The van der Waals surface area contributed by atoms with Gasteiger partial charge in [-0.15, -0.1) is 0 Å². The van der Waals surface area contributed by atoms with Gasteiger partial charge in [-0.3, -0.25) is 4.79 Å². The number of benzene rings is 4. The molecule has 0 unspecified atom stereocenters. The Morgan fingerprint density at radius 3 is 1.75 bits per heavy atom. The van der Waals surface area contributed by atoms with Gasteiger partial charge in [-0.25, -0.2) is 0 Å². The van der Waals surface area contributed by atoms with Crippen LogP contribution in [0.5, 0.6) is 0 Å². The van der Waals surface area contributed by atoms with Crippen molar-refractivity contribution in [2.24, 2.45) is 0 Å². The van der Waals surface area contributed by atoms with E-state index in [0.29, 0.717) is 17.4 Å². The van der Waals surface area contributed by atoms with Crippen LogP contribution in [-0.2, 0) is 11.0 Å². The molecule has 1 N–H and O–H groups in total. The summed E-state index contributed by atoms with van der Waals surface area (Å²) < 4.78 is 14.7. The van der Waals surface area contributed by atoms with Gasteiger partial charge < -0.3 is 9.88 Å². The molecule has 0 aliphatic rings. The molecule has 4 aromatic rings. The van der Waals surface area contributed by atoms with Gasteiger partial charge in [0.15, 0.2) is 7.14 Å². The van der Waals surface area contributed by atoms with Gasteiger partial charge in [0.05, 0.1) is 5.56 Å². The Morgan fingerprint density at radius 1 is 0.656 bits per heavy atom. The summed E-state index contributed by atoms with van der Waals surface area (Å²) in [5.74, 6) is -0.194. The molecule has 160 valence electrons. The van der Waals surface area contributed by atoms with E-state index in [9.17, 15) is 9.36 Å². The summed E-state index contributed by atoms with van der Waals surface area (Å²) in [5.41, 5.74) is 1.71. The van der Waals surface area contributed by atoms with Crippen molar-refractivity contribution in [3.63, 3.8) is 0 Å². The first kappa shape index (κ1) is 21.8. The van der Waals surface area contributed by atoms with Crippen LogP contribution in [0.15, 0.2) is 115 Å². The lowest BCUT2D eigenvalue weighted by Gasteiger charge is -2.22. The van der Waals surface area contributed by atoms with E-state index in [2.05, 4.69) is 17.4 Å². The van der Waals surface area contributed by atoms with Gasteiger partial charge in [0.2, 0.25) is 0 Å². The lowest BCUT2D eigenvalue weighted by Crippen LogP contribution is -2.33. The standard InChI is InChI=1S/C28H26NO2P/c30-28(29-22-12-15-23-13-4-1-5-14-23)26-20-10-11-21-27(26)32(31,24-16-6-2-7-17-24)25-18-8-3-9-19-25/h1-11,13-14,16-21H,12,15,22H2,(H,29,30). The fourth-order valence-electron chi connectivity index (χ4n) is 3.88. The molecule has 0 fully saturated rings. The molecule has 1 amide bonds. The van der Waals surface area contributed by atoms with Gasteiger partial charge >= 0.3 is 0 Å². The van der Waals surface area contributed by atoms with Gasteiger partial charge in [-0.05, 0) is 24.5 Å². The molecule has 0 heterocycles. The minimum Gasteiger partial charge on any atom is -0.352 e. The number of carbonyl (C=O) groups excluding carboxylic acids is 1. The summed E-state index contributed by atoms with van der Waals surface area (Å²) in [6.45, 7) is 0.559. The van der Waals surface area contributed by atoms with E-state index in [1.165, 1.54) is 5.56 Å². The average molecular weight is 439 g/mol. The van der Waals surface area contributed by atoms with Crippen molar-refractivity contribution in [2.45, 2.75) is 12.8 Å². The Labute approximate surface area is 189 Å². The predicted molar refractivity (Wildman–Crippen MR) is 133 cm³/mol. The van der Waals surface area contributed by atoms with Crippen LogP contribution in [0.3, 0.4) is 0 Å². The summed E-state index contributed by atoms with van der Waals surface area (Å²) in [4.78, 5) is 13.2. The van der Waals surface area contributed by atoms with Crippen LogP contribution in [-0.4, -0.2) is 12.5 Å². The van der Waals surface area contributed by atoms with Crippen LogP contribution >= 0.6 is 7.14 Å². The Balaban J connectivity index is 1.62. The van der Waals surface area contributed by atoms with E-state index < -0.39 is 7.14 Å². The van der Waals surface area contributed by atoms with Gasteiger partial charge in [0, 0.05) is 22.5 Å². The van der Waals surface area contributed by atoms with Crippen LogP contribution in [0.2, 0.25) is 0 Å². The Bertz CT molecular complexity index is 1160. The molecule has 0 bridgehead atoms. The van der Waals surface area contributed by atoms with Crippen molar-refractivity contribution in [1.82, 2.24) is 5.32 Å². The van der Waals surface area contributed by atoms with Gasteiger partial charge in [0.1, 0.15) is 0 Å². The third kappa shape index (κ3) is 4.74. The zero-order valence-corrected chi connectivity index (χ0v) is 18.7. The molecule has 0 atom stereocenters. The summed E-state index contributed by atoms with van der Waals surface area (Å²) >= 11 is 0. The Hall–Kier alpha value is -3.42. The van der Waals surface area contributed by atoms with E-state index in [-0.39, 0.29) is 5.91 Å². The molecule has 0 aliphatic carbocycles. The Morgan fingerprint density at radius 2 is 1.16 bits per heavy atom. The van der Waals surface area contributed by atoms with Gasteiger partial charge in [-0.1, -0.05) is 109 Å². The number of carbonyl (C=O) groups is 1. The molecular formula is C28H26NO2P. The maximum atomic E-state index is 14.7. The number of hydrogen-bond donors (Lipinski definition) is 1.